The van der Waals surface area contributed by atoms with E-state index < -0.39 is 5.97 Å². The highest BCUT2D eigenvalue weighted by Gasteiger charge is 2.14. The highest BCUT2D eigenvalue weighted by Crippen LogP contribution is 2.19. The van der Waals surface area contributed by atoms with E-state index in [4.69, 9.17) is 27.1 Å². The molecule has 0 radical (unpaired) electrons. The molecule has 0 amide bonds. The molecule has 0 aliphatic heterocycles. The van der Waals surface area contributed by atoms with Crippen LogP contribution in [0.15, 0.2) is 35.3 Å². The SMILES string of the molecule is C#CCCOC1=CCC(OCC#C)=CC(C(=O)OC)=C1.CC. The lowest BCUT2D eigenvalue weighted by molar-refractivity contribution is -0.135. The van der Waals surface area contributed by atoms with E-state index in [1.54, 1.807) is 18.2 Å². The molecule has 1 rings (SSSR count). The summed E-state index contributed by atoms with van der Waals surface area (Å²) in [5.74, 6) is 5.51. The lowest BCUT2D eigenvalue weighted by atomic mass is 10.2. The standard InChI is InChI=1S/C16H16O4.C2H6/c1-4-6-10-20-15-8-7-14(19-9-5-2)11-13(12-15)16(17)18-3;1-2/h1-2,8,11-12H,6-7,9-10H2,3H3;1-2H3. The summed E-state index contributed by atoms with van der Waals surface area (Å²) in [4.78, 5) is 11.7. The van der Waals surface area contributed by atoms with E-state index in [0.29, 0.717) is 36.5 Å². The van der Waals surface area contributed by atoms with Crippen LogP contribution in [0.25, 0.3) is 0 Å². The van der Waals surface area contributed by atoms with Crippen molar-refractivity contribution in [2.45, 2.75) is 26.7 Å². The van der Waals surface area contributed by atoms with Crippen LogP contribution >= 0.6 is 0 Å². The molecule has 0 spiro atoms. The second kappa shape index (κ2) is 12.2. The molecule has 0 heterocycles. The van der Waals surface area contributed by atoms with Gasteiger partial charge < -0.3 is 14.2 Å². The van der Waals surface area contributed by atoms with Crippen molar-refractivity contribution in [1.82, 2.24) is 0 Å². The smallest absolute Gasteiger partial charge is 0.338 e. The summed E-state index contributed by atoms with van der Waals surface area (Å²) in [7, 11) is 1.31. The van der Waals surface area contributed by atoms with Crippen LogP contribution in [-0.4, -0.2) is 26.3 Å². The molecule has 0 aromatic rings. The van der Waals surface area contributed by atoms with Gasteiger partial charge in [0.1, 0.15) is 18.1 Å². The highest BCUT2D eigenvalue weighted by atomic mass is 16.5. The first-order valence-corrected chi connectivity index (χ1v) is 7.04. The van der Waals surface area contributed by atoms with E-state index >= 15 is 0 Å². The topological polar surface area (TPSA) is 44.8 Å². The minimum absolute atomic E-state index is 0.140. The number of methoxy groups -OCH3 is 1. The molecule has 0 bridgehead atoms. The number of esters is 1. The van der Waals surface area contributed by atoms with Gasteiger partial charge in [0.2, 0.25) is 0 Å². The van der Waals surface area contributed by atoms with Crippen molar-refractivity contribution in [3.05, 3.63) is 35.3 Å². The molecule has 0 unspecified atom stereocenters. The van der Waals surface area contributed by atoms with Gasteiger partial charge in [0.15, 0.2) is 0 Å². The van der Waals surface area contributed by atoms with Crippen molar-refractivity contribution in [2.75, 3.05) is 20.3 Å². The quantitative estimate of drug-likeness (QED) is 0.430. The predicted octanol–water partition coefficient (Wildman–Crippen LogP) is 2.97. The average molecular weight is 302 g/mol. The molecule has 0 saturated heterocycles. The molecular formula is C18H22O4. The van der Waals surface area contributed by atoms with Gasteiger partial charge in [-0.25, -0.2) is 4.79 Å². The van der Waals surface area contributed by atoms with Crippen LogP contribution in [0.1, 0.15) is 26.7 Å². The van der Waals surface area contributed by atoms with Crippen LogP contribution in [0.2, 0.25) is 0 Å². The molecule has 0 aromatic carbocycles. The first-order chi connectivity index (χ1) is 10.7. The molecule has 0 saturated carbocycles. The minimum Gasteiger partial charge on any atom is -0.493 e. The molecule has 118 valence electrons. The van der Waals surface area contributed by atoms with Crippen LogP contribution in [0, 0.1) is 24.7 Å². The number of carbonyl (C=O) groups excluding carboxylic acids is 1. The molecule has 1 aliphatic rings. The summed E-state index contributed by atoms with van der Waals surface area (Å²) in [5.41, 5.74) is 0.337. The summed E-state index contributed by atoms with van der Waals surface area (Å²) in [6, 6.07) is 0. The van der Waals surface area contributed by atoms with Crippen molar-refractivity contribution in [2.24, 2.45) is 0 Å². The molecule has 0 atom stereocenters. The summed E-state index contributed by atoms with van der Waals surface area (Å²) >= 11 is 0. The molecule has 0 fully saturated rings. The largest absolute Gasteiger partial charge is 0.493 e. The first kappa shape index (κ1) is 19.4. The monoisotopic (exact) mass is 302 g/mol. The second-order valence-electron chi connectivity index (χ2n) is 3.81. The summed E-state index contributed by atoms with van der Waals surface area (Å²) < 4.78 is 15.6. The Morgan fingerprint density at radius 2 is 1.95 bits per heavy atom. The lowest BCUT2D eigenvalue weighted by Crippen LogP contribution is -2.04. The van der Waals surface area contributed by atoms with E-state index in [-0.39, 0.29) is 6.61 Å². The maximum absolute atomic E-state index is 11.7. The summed E-state index contributed by atoms with van der Waals surface area (Å²) in [6.45, 7) is 4.52. The predicted molar refractivity (Wildman–Crippen MR) is 86.4 cm³/mol. The van der Waals surface area contributed by atoms with Crippen LogP contribution < -0.4 is 0 Å². The fourth-order valence-electron chi connectivity index (χ4n) is 1.49. The number of allylic oxidation sites excluding steroid dienone is 2. The Bertz CT molecular complexity index is 524. The molecule has 0 N–H and O–H groups in total. The lowest BCUT2D eigenvalue weighted by Gasteiger charge is -2.05. The normalized spacial score (nSPS) is 12.7. The number of carbonyl (C=O) groups is 1. The van der Waals surface area contributed by atoms with Gasteiger partial charge in [0.05, 0.1) is 19.3 Å². The fourth-order valence-corrected chi connectivity index (χ4v) is 1.49. The van der Waals surface area contributed by atoms with E-state index in [9.17, 15) is 4.79 Å². The van der Waals surface area contributed by atoms with Gasteiger partial charge in [-0.15, -0.1) is 18.8 Å². The summed E-state index contributed by atoms with van der Waals surface area (Å²) in [6.07, 6.45) is 16.3. The third-order valence-electron chi connectivity index (χ3n) is 2.40. The van der Waals surface area contributed by atoms with Gasteiger partial charge in [-0.3, -0.25) is 0 Å². The maximum atomic E-state index is 11.7. The molecule has 1 aliphatic carbocycles. The maximum Gasteiger partial charge on any atom is 0.338 e. The molecule has 4 nitrogen and oxygen atoms in total. The van der Waals surface area contributed by atoms with Gasteiger partial charge in [0, 0.05) is 12.8 Å². The first-order valence-electron chi connectivity index (χ1n) is 7.04. The van der Waals surface area contributed by atoms with Gasteiger partial charge in [-0.05, 0) is 18.2 Å². The zero-order valence-electron chi connectivity index (χ0n) is 13.3. The average Bonchev–Trinajstić information content (AvgIpc) is 2.77. The molecule has 4 heteroatoms. The number of rotatable bonds is 6. The molecular weight excluding hydrogens is 280 g/mol. The van der Waals surface area contributed by atoms with Crippen molar-refractivity contribution < 1.29 is 19.0 Å². The highest BCUT2D eigenvalue weighted by molar-refractivity contribution is 5.92. The second-order valence-corrected chi connectivity index (χ2v) is 3.81. The van der Waals surface area contributed by atoms with Crippen molar-refractivity contribution in [1.29, 1.82) is 0 Å². The Morgan fingerprint density at radius 1 is 1.23 bits per heavy atom. The van der Waals surface area contributed by atoms with Crippen molar-refractivity contribution in [3.8, 4) is 24.7 Å². The van der Waals surface area contributed by atoms with E-state index in [1.165, 1.54) is 7.11 Å². The fraction of sp³-hybridized carbons (Fsp3) is 0.389. The third kappa shape index (κ3) is 7.26. The molecule has 0 aromatic heterocycles. The zero-order valence-corrected chi connectivity index (χ0v) is 13.3. The van der Waals surface area contributed by atoms with Gasteiger partial charge in [0.25, 0.3) is 0 Å². The Hall–Kier alpha value is -2.59. The van der Waals surface area contributed by atoms with Gasteiger partial charge in [-0.2, -0.15) is 0 Å². The van der Waals surface area contributed by atoms with E-state index in [1.807, 2.05) is 13.8 Å². The van der Waals surface area contributed by atoms with Crippen molar-refractivity contribution >= 4 is 5.97 Å². The Labute approximate surface area is 132 Å². The number of terminal acetylenes is 2. The Kier molecular flexibility index (Phi) is 10.7. The van der Waals surface area contributed by atoms with Crippen LogP contribution in [-0.2, 0) is 19.0 Å². The minimum atomic E-state index is -0.472. The third-order valence-corrected chi connectivity index (χ3v) is 2.40. The summed E-state index contributed by atoms with van der Waals surface area (Å²) in [5, 5.41) is 0. The van der Waals surface area contributed by atoms with Crippen molar-refractivity contribution in [3.63, 3.8) is 0 Å². The molecule has 22 heavy (non-hydrogen) atoms. The van der Waals surface area contributed by atoms with Crippen LogP contribution in [0.5, 0.6) is 0 Å². The number of ether oxygens (including phenoxy) is 3. The Morgan fingerprint density at radius 3 is 2.55 bits per heavy atom. The number of hydrogen-bond donors (Lipinski definition) is 0. The number of hydrogen-bond acceptors (Lipinski definition) is 4. The Balaban J connectivity index is 0.00000211. The van der Waals surface area contributed by atoms with Crippen LogP contribution in [0.4, 0.5) is 0 Å². The van der Waals surface area contributed by atoms with E-state index in [0.717, 1.165) is 0 Å². The van der Waals surface area contributed by atoms with E-state index in [2.05, 4.69) is 11.8 Å². The van der Waals surface area contributed by atoms with Gasteiger partial charge >= 0.3 is 5.97 Å². The zero-order chi connectivity index (χ0) is 16.8. The van der Waals surface area contributed by atoms with Gasteiger partial charge in [-0.1, -0.05) is 19.8 Å². The van der Waals surface area contributed by atoms with Crippen LogP contribution in [0.3, 0.4) is 0 Å².